The molecule has 1 aliphatic heterocycles. The van der Waals surface area contributed by atoms with Gasteiger partial charge < -0.3 is 10.1 Å². The molecule has 0 bridgehead atoms. The Balaban J connectivity index is 0.00000192. The predicted molar refractivity (Wildman–Crippen MR) is 81.6 cm³/mol. The number of para-hydroxylation sites is 1. The van der Waals surface area contributed by atoms with E-state index in [2.05, 4.69) is 15.3 Å². The van der Waals surface area contributed by atoms with E-state index in [0.717, 1.165) is 6.26 Å². The summed E-state index contributed by atoms with van der Waals surface area (Å²) in [5.74, 6) is -0.311. The van der Waals surface area contributed by atoms with Crippen LogP contribution in [0.15, 0.2) is 35.6 Å². The van der Waals surface area contributed by atoms with Gasteiger partial charge in [-0.25, -0.2) is 18.4 Å². The maximum atomic E-state index is 12.4. The molecule has 6 nitrogen and oxygen atoms in total. The van der Waals surface area contributed by atoms with Gasteiger partial charge in [0.05, 0.1) is 11.6 Å². The summed E-state index contributed by atoms with van der Waals surface area (Å²) in [4.78, 5) is 20.5. The molecular formula is C15H14N3O3RbS. The fourth-order valence-corrected chi connectivity index (χ4v) is 2.84. The number of nitrogens with zero attached hydrogens (tertiary/aromatic N) is 3. The molecule has 1 aliphatic rings. The van der Waals surface area contributed by atoms with Crippen molar-refractivity contribution in [1.29, 1.82) is 0 Å². The van der Waals surface area contributed by atoms with Crippen LogP contribution in [0.25, 0.3) is 16.6 Å². The summed E-state index contributed by atoms with van der Waals surface area (Å²) in [6.45, 7) is 3.46. The molecule has 23 heavy (non-hydrogen) atoms. The summed E-state index contributed by atoms with van der Waals surface area (Å²) in [7, 11) is -3.54. The molecule has 0 fully saturated rings. The fraction of sp³-hybridized carbons (Fsp3) is 0.267. The molecule has 8 heteroatoms. The summed E-state index contributed by atoms with van der Waals surface area (Å²) in [5.41, 5.74) is 1.19. The molecular weight excluding hydrogens is 388 g/mol. The van der Waals surface area contributed by atoms with Gasteiger partial charge in [0.1, 0.15) is 0 Å². The number of fused-ring (bicyclic) bond motifs is 3. The summed E-state index contributed by atoms with van der Waals surface area (Å²) in [6.07, 6.45) is 2.46. The quantitative estimate of drug-likeness (QED) is 0.594. The SMILES string of the molecule is CC1(C)C(=O)[N-]c2ccccc2-c2nc(S(C)(=O)=O)ncc21.[Rb+]. The van der Waals surface area contributed by atoms with E-state index in [0.29, 0.717) is 22.5 Å². The number of sulfone groups is 1. The molecule has 114 valence electrons. The van der Waals surface area contributed by atoms with E-state index in [1.165, 1.54) is 6.20 Å². The average Bonchev–Trinajstić information content (AvgIpc) is 2.53. The second kappa shape index (κ2) is 6.44. The summed E-state index contributed by atoms with van der Waals surface area (Å²) in [5, 5.41) is 3.88. The van der Waals surface area contributed by atoms with Crippen molar-refractivity contribution < 1.29 is 71.4 Å². The van der Waals surface area contributed by atoms with Crippen LogP contribution in [0.3, 0.4) is 0 Å². The first-order valence-corrected chi connectivity index (χ1v) is 8.53. The zero-order valence-corrected chi connectivity index (χ0v) is 19.1. The molecule has 3 rings (SSSR count). The number of carbonyl (C=O) groups excluding carboxylic acids is 1. The Labute approximate surface area is 183 Å². The van der Waals surface area contributed by atoms with Gasteiger partial charge in [0.15, 0.2) is 0 Å². The zero-order valence-electron chi connectivity index (χ0n) is 13.4. The maximum absolute atomic E-state index is 12.4. The van der Waals surface area contributed by atoms with E-state index in [-0.39, 0.29) is 69.3 Å². The van der Waals surface area contributed by atoms with Crippen LogP contribution < -0.4 is 58.2 Å². The van der Waals surface area contributed by atoms with E-state index < -0.39 is 15.3 Å². The Morgan fingerprint density at radius 2 is 1.83 bits per heavy atom. The molecule has 0 spiro atoms. The normalized spacial score (nSPS) is 15.5. The van der Waals surface area contributed by atoms with Gasteiger partial charge in [-0.15, -0.1) is 5.69 Å². The zero-order chi connectivity index (χ0) is 16.1. The molecule has 1 aromatic carbocycles. The Hall–Kier alpha value is -0.475. The van der Waals surface area contributed by atoms with Gasteiger partial charge in [0.25, 0.3) is 0 Å². The largest absolute Gasteiger partial charge is 1.00 e. The van der Waals surface area contributed by atoms with Crippen LogP contribution in [0.4, 0.5) is 5.69 Å². The summed E-state index contributed by atoms with van der Waals surface area (Å²) < 4.78 is 23.5. The van der Waals surface area contributed by atoms with E-state index in [1.807, 2.05) is 0 Å². The first kappa shape index (κ1) is 18.9. The monoisotopic (exact) mass is 401 g/mol. The van der Waals surface area contributed by atoms with Gasteiger partial charge in [-0.3, -0.25) is 0 Å². The van der Waals surface area contributed by atoms with Crippen molar-refractivity contribution in [2.24, 2.45) is 0 Å². The van der Waals surface area contributed by atoms with Gasteiger partial charge in [-0.1, -0.05) is 38.1 Å². The molecule has 0 radical (unpaired) electrons. The second-order valence-corrected chi connectivity index (χ2v) is 7.66. The van der Waals surface area contributed by atoms with Crippen LogP contribution in [0.1, 0.15) is 19.4 Å². The third kappa shape index (κ3) is 3.35. The molecule has 1 amide bonds. The first-order valence-electron chi connectivity index (χ1n) is 6.64. The smallest absolute Gasteiger partial charge is 0.626 e. The van der Waals surface area contributed by atoms with Crippen LogP contribution in [0, 0.1) is 0 Å². The van der Waals surface area contributed by atoms with Crippen LogP contribution in [0.2, 0.25) is 0 Å². The second-order valence-electron chi connectivity index (χ2n) is 5.75. The Kier molecular flexibility index (Phi) is 5.28. The summed E-state index contributed by atoms with van der Waals surface area (Å²) in [6, 6.07) is 7.04. The summed E-state index contributed by atoms with van der Waals surface area (Å²) >= 11 is 0. The van der Waals surface area contributed by atoms with Crippen molar-refractivity contribution in [1.82, 2.24) is 9.97 Å². The number of carbonyl (C=O) groups is 1. The van der Waals surface area contributed by atoms with Crippen LogP contribution >= 0.6 is 0 Å². The topological polar surface area (TPSA) is 91.1 Å². The number of hydrogen-bond acceptors (Lipinski definition) is 5. The minimum Gasteiger partial charge on any atom is -0.626 e. The molecule has 0 unspecified atom stereocenters. The molecule has 0 saturated carbocycles. The first-order chi connectivity index (χ1) is 10.2. The van der Waals surface area contributed by atoms with Crippen molar-refractivity contribution in [3.8, 4) is 11.3 Å². The van der Waals surface area contributed by atoms with E-state index >= 15 is 0 Å². The number of hydrogen-bond donors (Lipinski definition) is 0. The number of aromatic nitrogens is 2. The van der Waals surface area contributed by atoms with Gasteiger partial charge in [-0.05, 0) is 5.56 Å². The molecule has 2 aromatic rings. The minimum atomic E-state index is -3.54. The molecule has 0 saturated heterocycles. The predicted octanol–water partition coefficient (Wildman–Crippen LogP) is -0.626. The van der Waals surface area contributed by atoms with E-state index in [9.17, 15) is 13.2 Å². The Bertz CT molecular complexity index is 895. The molecule has 2 heterocycles. The standard InChI is InChI=1S/C15H15N3O3S.Rb/c1-15(2)10-8-16-14(22(3,20)21)18-12(10)9-6-4-5-7-11(9)17-13(15)19;/h4-8H,1-3H3,(H,16,17,18,19);/q;+1/p-1. The maximum Gasteiger partial charge on any atom is 1.00 e. The third-order valence-corrected chi connectivity index (χ3v) is 4.55. The number of rotatable bonds is 1. The van der Waals surface area contributed by atoms with Crippen LogP contribution in [-0.2, 0) is 20.0 Å². The Morgan fingerprint density at radius 3 is 2.48 bits per heavy atom. The third-order valence-electron chi connectivity index (χ3n) is 3.69. The Morgan fingerprint density at radius 1 is 1.17 bits per heavy atom. The van der Waals surface area contributed by atoms with Crippen LogP contribution in [-0.4, -0.2) is 30.5 Å². The molecule has 0 aliphatic carbocycles. The van der Waals surface area contributed by atoms with Crippen molar-refractivity contribution in [2.75, 3.05) is 6.26 Å². The molecule has 0 N–H and O–H groups in total. The van der Waals surface area contributed by atoms with Crippen molar-refractivity contribution in [2.45, 2.75) is 24.4 Å². The van der Waals surface area contributed by atoms with Gasteiger partial charge in [-0.2, -0.15) is 0 Å². The van der Waals surface area contributed by atoms with Crippen molar-refractivity contribution >= 4 is 21.4 Å². The van der Waals surface area contributed by atoms with E-state index in [4.69, 9.17) is 0 Å². The van der Waals surface area contributed by atoms with Gasteiger partial charge in [0, 0.05) is 23.4 Å². The van der Waals surface area contributed by atoms with Crippen molar-refractivity contribution in [3.63, 3.8) is 0 Å². The number of amides is 1. The number of benzene rings is 1. The molecule has 1 aromatic heterocycles. The fourth-order valence-electron chi connectivity index (χ4n) is 2.34. The molecule has 0 atom stereocenters. The van der Waals surface area contributed by atoms with E-state index in [1.54, 1.807) is 38.1 Å². The average molecular weight is 402 g/mol. The van der Waals surface area contributed by atoms with Gasteiger partial charge >= 0.3 is 58.2 Å². The van der Waals surface area contributed by atoms with Crippen molar-refractivity contribution in [3.05, 3.63) is 41.3 Å². The van der Waals surface area contributed by atoms with Gasteiger partial charge in [0.2, 0.25) is 15.0 Å². The minimum absolute atomic E-state index is 0. The van der Waals surface area contributed by atoms with Crippen LogP contribution in [0.5, 0.6) is 0 Å².